The Morgan fingerprint density at radius 3 is 2.92 bits per heavy atom. The summed E-state index contributed by atoms with van der Waals surface area (Å²) >= 11 is 1.53. The summed E-state index contributed by atoms with van der Waals surface area (Å²) in [7, 11) is 0. The molecule has 2 heterocycles. The van der Waals surface area contributed by atoms with Crippen LogP contribution in [0.2, 0.25) is 0 Å². The SMILES string of the molecule is C[C@H](Sc1nnnn1C1CCCC1)c1nc2ccccc2c(=O)[nH]1. The van der Waals surface area contributed by atoms with Gasteiger partial charge in [0.05, 0.1) is 22.2 Å². The first kappa shape index (κ1) is 15.3. The number of thioether (sulfide) groups is 1. The van der Waals surface area contributed by atoms with E-state index in [1.807, 2.05) is 29.8 Å². The molecule has 0 spiro atoms. The zero-order chi connectivity index (χ0) is 16.5. The second-order valence-electron chi connectivity index (χ2n) is 6.07. The second kappa shape index (κ2) is 6.35. The van der Waals surface area contributed by atoms with Gasteiger partial charge in [0.25, 0.3) is 5.56 Å². The molecule has 7 nitrogen and oxygen atoms in total. The second-order valence-corrected chi connectivity index (χ2v) is 7.38. The van der Waals surface area contributed by atoms with Gasteiger partial charge in [0, 0.05) is 0 Å². The third-order valence-corrected chi connectivity index (χ3v) is 5.49. The number of aromatic amines is 1. The summed E-state index contributed by atoms with van der Waals surface area (Å²) in [5.74, 6) is 0.643. The Hall–Kier alpha value is -2.22. The van der Waals surface area contributed by atoms with Crippen LogP contribution in [0.5, 0.6) is 0 Å². The van der Waals surface area contributed by atoms with Gasteiger partial charge in [0.15, 0.2) is 0 Å². The predicted molar refractivity (Wildman–Crippen MR) is 92.0 cm³/mol. The zero-order valence-corrected chi connectivity index (χ0v) is 14.2. The van der Waals surface area contributed by atoms with E-state index < -0.39 is 0 Å². The van der Waals surface area contributed by atoms with Crippen molar-refractivity contribution >= 4 is 22.7 Å². The van der Waals surface area contributed by atoms with Crippen LogP contribution in [0.4, 0.5) is 0 Å². The standard InChI is InChI=1S/C16H18N6OS/c1-10(14-17-13-9-5-4-8-12(13)15(23)18-14)24-16-19-20-21-22(16)11-6-2-3-7-11/h4-5,8-11H,2-3,6-7H2,1H3,(H,17,18,23)/t10-/m0/s1. The van der Waals surface area contributed by atoms with Crippen LogP contribution in [-0.4, -0.2) is 30.2 Å². The smallest absolute Gasteiger partial charge is 0.258 e. The number of nitrogens with one attached hydrogen (secondary N) is 1. The minimum atomic E-state index is -0.113. The fourth-order valence-electron chi connectivity index (χ4n) is 3.15. The molecule has 1 N–H and O–H groups in total. The molecule has 8 heteroatoms. The van der Waals surface area contributed by atoms with E-state index in [0.29, 0.717) is 22.8 Å². The van der Waals surface area contributed by atoms with Crippen LogP contribution in [0.25, 0.3) is 10.9 Å². The topological polar surface area (TPSA) is 89.3 Å². The molecule has 24 heavy (non-hydrogen) atoms. The molecule has 0 aliphatic heterocycles. The number of hydrogen-bond acceptors (Lipinski definition) is 6. The van der Waals surface area contributed by atoms with Crippen molar-refractivity contribution in [2.75, 3.05) is 0 Å². The zero-order valence-electron chi connectivity index (χ0n) is 13.3. The van der Waals surface area contributed by atoms with E-state index in [4.69, 9.17) is 0 Å². The van der Waals surface area contributed by atoms with Gasteiger partial charge < -0.3 is 4.98 Å². The summed E-state index contributed by atoms with van der Waals surface area (Å²) in [4.78, 5) is 19.7. The van der Waals surface area contributed by atoms with Gasteiger partial charge in [-0.3, -0.25) is 4.79 Å². The first-order valence-electron chi connectivity index (χ1n) is 8.16. The molecule has 0 radical (unpaired) electrons. The Morgan fingerprint density at radius 1 is 1.29 bits per heavy atom. The monoisotopic (exact) mass is 342 g/mol. The van der Waals surface area contributed by atoms with Crippen molar-refractivity contribution in [3.8, 4) is 0 Å². The lowest BCUT2D eigenvalue weighted by Gasteiger charge is -2.14. The first-order chi connectivity index (χ1) is 11.7. The summed E-state index contributed by atoms with van der Waals surface area (Å²) in [6.07, 6.45) is 4.70. The van der Waals surface area contributed by atoms with Crippen molar-refractivity contribution in [1.82, 2.24) is 30.2 Å². The molecule has 1 aliphatic carbocycles. The van der Waals surface area contributed by atoms with Crippen molar-refractivity contribution in [2.45, 2.75) is 49.1 Å². The largest absolute Gasteiger partial charge is 0.309 e. The highest BCUT2D eigenvalue weighted by molar-refractivity contribution is 7.99. The lowest BCUT2D eigenvalue weighted by molar-refractivity contribution is 0.422. The highest BCUT2D eigenvalue weighted by Crippen LogP contribution is 2.36. The molecule has 1 fully saturated rings. The van der Waals surface area contributed by atoms with Crippen LogP contribution in [0.1, 0.15) is 49.7 Å². The van der Waals surface area contributed by atoms with Crippen molar-refractivity contribution in [2.24, 2.45) is 0 Å². The van der Waals surface area contributed by atoms with E-state index >= 15 is 0 Å². The van der Waals surface area contributed by atoms with Gasteiger partial charge in [-0.05, 0) is 42.3 Å². The Morgan fingerprint density at radius 2 is 2.08 bits per heavy atom. The molecular formula is C16H18N6OS. The summed E-state index contributed by atoms with van der Waals surface area (Å²) in [5.41, 5.74) is 0.595. The van der Waals surface area contributed by atoms with Crippen LogP contribution in [0.15, 0.2) is 34.2 Å². The third kappa shape index (κ3) is 2.82. The number of benzene rings is 1. The molecule has 3 aromatic rings. The van der Waals surface area contributed by atoms with E-state index in [1.54, 1.807) is 6.07 Å². The number of hydrogen-bond donors (Lipinski definition) is 1. The van der Waals surface area contributed by atoms with E-state index in [9.17, 15) is 4.79 Å². The first-order valence-corrected chi connectivity index (χ1v) is 9.04. The Balaban J connectivity index is 1.62. The Kier molecular flexibility index (Phi) is 4.05. The normalized spacial score (nSPS) is 16.7. The molecule has 1 saturated carbocycles. The molecule has 0 unspecified atom stereocenters. The third-order valence-electron chi connectivity index (χ3n) is 4.43. The number of rotatable bonds is 4. The van der Waals surface area contributed by atoms with Crippen molar-refractivity contribution in [1.29, 1.82) is 0 Å². The van der Waals surface area contributed by atoms with Crippen LogP contribution in [-0.2, 0) is 0 Å². The average Bonchev–Trinajstić information content (AvgIpc) is 3.25. The van der Waals surface area contributed by atoms with Gasteiger partial charge in [0.1, 0.15) is 5.82 Å². The van der Waals surface area contributed by atoms with E-state index in [2.05, 4.69) is 25.5 Å². The minimum absolute atomic E-state index is 0.0477. The molecule has 4 rings (SSSR count). The van der Waals surface area contributed by atoms with E-state index in [-0.39, 0.29) is 10.8 Å². The molecular weight excluding hydrogens is 324 g/mol. The number of H-pyrrole nitrogens is 1. The summed E-state index contributed by atoms with van der Waals surface area (Å²) in [6.45, 7) is 2.01. The van der Waals surface area contributed by atoms with Gasteiger partial charge in [-0.1, -0.05) is 36.7 Å². The number of tetrazole rings is 1. The maximum atomic E-state index is 12.2. The summed E-state index contributed by atoms with van der Waals surface area (Å²) in [5, 5.41) is 13.5. The van der Waals surface area contributed by atoms with Crippen LogP contribution in [0, 0.1) is 0 Å². The molecule has 1 atom stereocenters. The molecule has 0 amide bonds. The van der Waals surface area contributed by atoms with Gasteiger partial charge in [0.2, 0.25) is 5.16 Å². The Labute approximate surface area is 142 Å². The number of aromatic nitrogens is 6. The van der Waals surface area contributed by atoms with Crippen LogP contribution in [0.3, 0.4) is 0 Å². The van der Waals surface area contributed by atoms with Gasteiger partial charge in [-0.2, -0.15) is 0 Å². The molecule has 0 bridgehead atoms. The maximum absolute atomic E-state index is 12.2. The number of para-hydroxylation sites is 1. The van der Waals surface area contributed by atoms with E-state index in [1.165, 1.54) is 24.6 Å². The fourth-order valence-corrected chi connectivity index (χ4v) is 4.07. The summed E-state index contributed by atoms with van der Waals surface area (Å²) < 4.78 is 1.92. The fraction of sp³-hybridized carbons (Fsp3) is 0.438. The lowest BCUT2D eigenvalue weighted by atomic mass is 10.2. The predicted octanol–water partition coefficient (Wildman–Crippen LogP) is 2.88. The quantitative estimate of drug-likeness (QED) is 0.733. The van der Waals surface area contributed by atoms with Crippen LogP contribution < -0.4 is 5.56 Å². The Bertz CT molecular complexity index is 914. The highest BCUT2D eigenvalue weighted by atomic mass is 32.2. The minimum Gasteiger partial charge on any atom is -0.309 e. The molecule has 2 aromatic heterocycles. The molecule has 1 aromatic carbocycles. The molecule has 1 aliphatic rings. The highest BCUT2D eigenvalue weighted by Gasteiger charge is 2.23. The van der Waals surface area contributed by atoms with Gasteiger partial charge in [-0.15, -0.1) is 5.10 Å². The van der Waals surface area contributed by atoms with Crippen LogP contribution >= 0.6 is 11.8 Å². The molecule has 124 valence electrons. The van der Waals surface area contributed by atoms with Crippen molar-refractivity contribution in [3.63, 3.8) is 0 Å². The van der Waals surface area contributed by atoms with E-state index in [0.717, 1.165) is 18.0 Å². The van der Waals surface area contributed by atoms with Gasteiger partial charge >= 0.3 is 0 Å². The van der Waals surface area contributed by atoms with Crippen molar-refractivity contribution < 1.29 is 0 Å². The maximum Gasteiger partial charge on any atom is 0.258 e. The lowest BCUT2D eigenvalue weighted by Crippen LogP contribution is -2.13. The van der Waals surface area contributed by atoms with Gasteiger partial charge in [-0.25, -0.2) is 9.67 Å². The summed E-state index contributed by atoms with van der Waals surface area (Å²) in [6, 6.07) is 7.75. The average molecular weight is 342 g/mol. The number of fused-ring (bicyclic) bond motifs is 1. The molecule has 0 saturated heterocycles. The van der Waals surface area contributed by atoms with Crippen molar-refractivity contribution in [3.05, 3.63) is 40.4 Å². The number of nitrogens with zero attached hydrogens (tertiary/aromatic N) is 5.